The Morgan fingerprint density at radius 3 is 2.53 bits per heavy atom. The average molecular weight is 861 g/mol. The van der Waals surface area contributed by atoms with E-state index in [0.29, 0.717) is 42.9 Å². The van der Waals surface area contributed by atoms with Gasteiger partial charge in [-0.2, -0.15) is 0 Å². The Bertz CT molecular complexity index is 2040. The number of hydrogen-bond acceptors (Lipinski definition) is 14. The molecule has 338 valence electrons. The fraction of sp³-hybridized carbons (Fsp3) is 0.574. The summed E-state index contributed by atoms with van der Waals surface area (Å²) >= 11 is 0. The number of aromatic hydroxyl groups is 2. The van der Waals surface area contributed by atoms with Crippen LogP contribution in [0.15, 0.2) is 60.8 Å². The molecule has 1 aromatic heterocycles. The van der Waals surface area contributed by atoms with Crippen molar-refractivity contribution in [2.45, 2.75) is 114 Å². The number of anilines is 1. The van der Waals surface area contributed by atoms with Gasteiger partial charge in [0, 0.05) is 48.7 Å². The van der Waals surface area contributed by atoms with Crippen molar-refractivity contribution >= 4 is 11.8 Å². The van der Waals surface area contributed by atoms with Gasteiger partial charge in [0.2, 0.25) is 5.75 Å². The number of piperidine rings is 1. The number of allylic oxidation sites excluding steroid dienone is 1. The maximum Gasteiger partial charge on any atom is 0.311 e. The van der Waals surface area contributed by atoms with Crippen LogP contribution >= 0.6 is 0 Å². The third-order valence-electron chi connectivity index (χ3n) is 13.9. The van der Waals surface area contributed by atoms with E-state index in [1.807, 2.05) is 24.3 Å². The van der Waals surface area contributed by atoms with Crippen LogP contribution < -0.4 is 30.6 Å². The Labute approximate surface area is 363 Å². The van der Waals surface area contributed by atoms with E-state index in [9.17, 15) is 35.4 Å². The Hall–Kier alpha value is -4.64. The molecule has 10 unspecified atom stereocenters. The minimum atomic E-state index is -0.900. The number of aliphatic hydroxyl groups excluding tert-OH is 3. The molecule has 15 nitrogen and oxygen atoms in total. The predicted molar refractivity (Wildman–Crippen MR) is 231 cm³/mol. The number of aryl methyl sites for hydroxylation is 1. The van der Waals surface area contributed by atoms with E-state index in [2.05, 4.69) is 22.5 Å². The van der Waals surface area contributed by atoms with Crippen molar-refractivity contribution in [2.75, 3.05) is 39.3 Å². The summed E-state index contributed by atoms with van der Waals surface area (Å²) in [6, 6.07) is 11.8. The molecule has 0 amide bonds. The number of phenols is 2. The van der Waals surface area contributed by atoms with E-state index in [4.69, 9.17) is 24.7 Å². The van der Waals surface area contributed by atoms with Crippen LogP contribution in [-0.2, 0) is 16.0 Å². The van der Waals surface area contributed by atoms with Crippen molar-refractivity contribution < 1.29 is 54.4 Å². The molecular weight excluding hydrogens is 797 g/mol. The summed E-state index contributed by atoms with van der Waals surface area (Å²) < 4.78 is 24.8. The fourth-order valence-corrected chi connectivity index (χ4v) is 11.5. The molecule has 3 fully saturated rings. The van der Waals surface area contributed by atoms with Gasteiger partial charge < -0.3 is 60.6 Å². The SMILES string of the molecule is COc1cc(C2OC(CCc3ccc(O)c(OCNCC(C)O)c3)CC(O)C2CCO)cc(OCC2NC(C)CC3(CCCC3)C23C(C(=O)O)C=CC3c2ccnc(N)c2)c1O. The number of fused-ring (bicyclic) bond motifs is 1. The predicted octanol–water partition coefficient (Wildman–Crippen LogP) is 4.94. The number of nitrogen functional groups attached to an aromatic ring is 1. The van der Waals surface area contributed by atoms with Crippen molar-refractivity contribution in [1.29, 1.82) is 0 Å². The van der Waals surface area contributed by atoms with Crippen molar-refractivity contribution in [1.82, 2.24) is 15.6 Å². The number of rotatable bonds is 17. The lowest BCUT2D eigenvalue weighted by atomic mass is 9.46. The lowest BCUT2D eigenvalue weighted by Crippen LogP contribution is -2.68. The number of nitrogens with zero attached hydrogens (tertiary/aromatic N) is 1. The number of methoxy groups -OCH3 is 1. The highest BCUT2D eigenvalue weighted by Gasteiger charge is 2.68. The van der Waals surface area contributed by atoms with Gasteiger partial charge in [-0.25, -0.2) is 4.98 Å². The highest BCUT2D eigenvalue weighted by atomic mass is 16.5. The number of pyridine rings is 1. The van der Waals surface area contributed by atoms with Gasteiger partial charge >= 0.3 is 5.97 Å². The Morgan fingerprint density at radius 2 is 1.82 bits per heavy atom. The Balaban J connectivity index is 1.17. The first-order chi connectivity index (χ1) is 29.8. The second-order valence-electron chi connectivity index (χ2n) is 17.9. The second-order valence-corrected chi connectivity index (χ2v) is 17.9. The lowest BCUT2D eigenvalue weighted by molar-refractivity contribution is -0.158. The molecule has 1 saturated carbocycles. The summed E-state index contributed by atoms with van der Waals surface area (Å²) in [5, 5.41) is 70.9. The first kappa shape index (κ1) is 45.4. The van der Waals surface area contributed by atoms with Gasteiger partial charge in [-0.1, -0.05) is 31.1 Å². The van der Waals surface area contributed by atoms with Crippen LogP contribution in [0.1, 0.15) is 93.9 Å². The number of nitrogens with two attached hydrogens (primary N) is 1. The number of nitrogens with one attached hydrogen (secondary N) is 2. The molecule has 3 aromatic rings. The van der Waals surface area contributed by atoms with Crippen LogP contribution in [0.2, 0.25) is 0 Å². The standard InChI is InChI=1S/C47H64N4O11/c1-27-23-46(14-4-5-15-46)47(34(9-10-35(47)45(57)58)30-12-16-50-42(48)21-30)41(51-27)25-60-40-20-31(19-39(59-3)43(40)56)44-33(13-17-52)37(55)22-32(62-44)8-6-29-7-11-36(54)38(18-29)61-26-49-24-28(2)53/h7,9-12,16,18-21,27-28,32-35,37,41,44,49,51-56H,4-6,8,13-15,17,22-26H2,1-3H3,(H2,48,50)(H,57,58). The minimum Gasteiger partial charge on any atom is -0.504 e. The topological polar surface area (TPSA) is 238 Å². The monoisotopic (exact) mass is 860 g/mol. The molecule has 62 heavy (non-hydrogen) atoms. The summed E-state index contributed by atoms with van der Waals surface area (Å²) in [7, 11) is 1.45. The maximum atomic E-state index is 13.4. The number of benzene rings is 2. The second kappa shape index (κ2) is 19.4. The number of phenolic OH excluding ortho intramolecular Hbond substituents is 2. The van der Waals surface area contributed by atoms with E-state index in [-0.39, 0.29) is 66.7 Å². The molecule has 7 rings (SSSR count). The molecule has 0 bridgehead atoms. The number of hydrogen-bond donors (Lipinski definition) is 9. The third kappa shape index (κ3) is 9.06. The molecule has 2 saturated heterocycles. The van der Waals surface area contributed by atoms with Crippen LogP contribution in [-0.4, -0.2) is 106 Å². The molecule has 3 heterocycles. The molecule has 0 radical (unpaired) electrons. The number of ether oxygens (including phenoxy) is 4. The van der Waals surface area contributed by atoms with Crippen LogP contribution in [0.5, 0.6) is 28.7 Å². The van der Waals surface area contributed by atoms with Crippen molar-refractivity contribution in [2.24, 2.45) is 22.7 Å². The quantitative estimate of drug-likeness (QED) is 0.0496. The number of carbonyl (C=O) groups is 1. The van der Waals surface area contributed by atoms with Gasteiger partial charge in [0.25, 0.3) is 0 Å². The van der Waals surface area contributed by atoms with Crippen molar-refractivity contribution in [3.05, 3.63) is 77.5 Å². The summed E-state index contributed by atoms with van der Waals surface area (Å²) in [6.07, 6.45) is 9.32. The zero-order valence-corrected chi connectivity index (χ0v) is 35.9. The van der Waals surface area contributed by atoms with Crippen LogP contribution in [0.4, 0.5) is 5.82 Å². The Morgan fingerprint density at radius 1 is 1.05 bits per heavy atom. The summed E-state index contributed by atoms with van der Waals surface area (Å²) in [4.78, 5) is 17.6. The molecule has 4 aliphatic rings. The summed E-state index contributed by atoms with van der Waals surface area (Å²) in [5.74, 6) is -1.81. The van der Waals surface area contributed by atoms with Gasteiger partial charge in [-0.05, 0) is 117 Å². The van der Waals surface area contributed by atoms with E-state index in [1.54, 1.807) is 43.5 Å². The van der Waals surface area contributed by atoms with Gasteiger partial charge in [0.15, 0.2) is 23.0 Å². The van der Waals surface area contributed by atoms with Crippen molar-refractivity contribution in [3.8, 4) is 28.7 Å². The van der Waals surface area contributed by atoms with E-state index in [1.165, 1.54) is 7.11 Å². The largest absolute Gasteiger partial charge is 0.504 e. The fourth-order valence-electron chi connectivity index (χ4n) is 11.5. The molecule has 2 aliphatic heterocycles. The number of aliphatic carboxylic acids is 1. The van der Waals surface area contributed by atoms with Crippen LogP contribution in [0, 0.1) is 22.7 Å². The first-order valence-corrected chi connectivity index (χ1v) is 22.0. The molecular formula is C47H64N4O11. The lowest BCUT2D eigenvalue weighted by Gasteiger charge is -2.61. The normalized spacial score (nSPS) is 29.5. The minimum absolute atomic E-state index is 0.00880. The van der Waals surface area contributed by atoms with Crippen molar-refractivity contribution in [3.63, 3.8) is 0 Å². The van der Waals surface area contributed by atoms with E-state index < -0.39 is 53.7 Å². The van der Waals surface area contributed by atoms with Gasteiger partial charge in [-0.3, -0.25) is 10.1 Å². The highest BCUT2D eigenvalue weighted by molar-refractivity contribution is 5.76. The Kier molecular flexibility index (Phi) is 14.2. The zero-order chi connectivity index (χ0) is 44.2. The number of carboxylic acids is 1. The third-order valence-corrected chi connectivity index (χ3v) is 13.9. The van der Waals surface area contributed by atoms with Gasteiger partial charge in [0.05, 0.1) is 37.4 Å². The van der Waals surface area contributed by atoms with Gasteiger partial charge in [-0.15, -0.1) is 0 Å². The molecule has 2 aliphatic carbocycles. The number of aromatic nitrogens is 1. The molecule has 10 atom stereocenters. The van der Waals surface area contributed by atoms with E-state index >= 15 is 0 Å². The average Bonchev–Trinajstić information content (AvgIpc) is 3.88. The number of carboxylic acid groups (broad SMARTS) is 1. The first-order valence-electron chi connectivity index (χ1n) is 22.0. The molecule has 10 N–H and O–H groups in total. The smallest absolute Gasteiger partial charge is 0.311 e. The van der Waals surface area contributed by atoms with Crippen LogP contribution in [0.3, 0.4) is 0 Å². The van der Waals surface area contributed by atoms with Gasteiger partial charge in [0.1, 0.15) is 19.2 Å². The molecule has 2 aromatic carbocycles. The van der Waals surface area contributed by atoms with Crippen LogP contribution in [0.25, 0.3) is 0 Å². The summed E-state index contributed by atoms with van der Waals surface area (Å²) in [6.45, 7) is 4.10. The maximum absolute atomic E-state index is 13.4. The number of aliphatic hydroxyl groups is 3. The highest BCUT2D eigenvalue weighted by Crippen LogP contribution is 2.69. The molecule has 15 heteroatoms. The zero-order valence-electron chi connectivity index (χ0n) is 35.9. The van der Waals surface area contributed by atoms with E-state index in [0.717, 1.165) is 43.2 Å². The molecule has 2 spiro atoms. The summed E-state index contributed by atoms with van der Waals surface area (Å²) in [5.41, 5.74) is 7.43.